The van der Waals surface area contributed by atoms with E-state index in [1.165, 1.54) is 18.2 Å². The summed E-state index contributed by atoms with van der Waals surface area (Å²) in [6.07, 6.45) is 0. The van der Waals surface area contributed by atoms with Crippen LogP contribution >= 0.6 is 15.9 Å². The van der Waals surface area contributed by atoms with E-state index in [4.69, 9.17) is 5.26 Å². The molecule has 3 nitrogen and oxygen atoms in total. The van der Waals surface area contributed by atoms with Gasteiger partial charge in [-0.05, 0) is 33.6 Å². The van der Waals surface area contributed by atoms with Crippen LogP contribution in [0.3, 0.4) is 0 Å². The number of carbonyl (C=O) groups excluding carboxylic acids is 1. The highest BCUT2D eigenvalue weighted by Crippen LogP contribution is 2.16. The summed E-state index contributed by atoms with van der Waals surface area (Å²) in [6, 6.07) is 5.99. The number of carboxylic acids is 1. The zero-order valence-corrected chi connectivity index (χ0v) is 7.46. The summed E-state index contributed by atoms with van der Waals surface area (Å²) in [7, 11) is 0. The summed E-state index contributed by atoms with van der Waals surface area (Å²) in [5.74, 6) is -1.28. The fourth-order valence-electron chi connectivity index (χ4n) is 0.738. The number of hydrogen-bond acceptors (Lipinski definition) is 3. The molecule has 12 heavy (non-hydrogen) atoms. The number of halogens is 1. The Morgan fingerprint density at radius 1 is 1.58 bits per heavy atom. The molecule has 1 aromatic carbocycles. The molecule has 0 saturated heterocycles. The maximum atomic E-state index is 10.3. The Morgan fingerprint density at radius 2 is 2.25 bits per heavy atom. The van der Waals surface area contributed by atoms with Gasteiger partial charge in [-0.2, -0.15) is 5.26 Å². The maximum absolute atomic E-state index is 10.3. The molecule has 60 valence electrons. The van der Waals surface area contributed by atoms with Crippen molar-refractivity contribution in [3.05, 3.63) is 33.8 Å². The minimum absolute atomic E-state index is 0.00903. The summed E-state index contributed by atoms with van der Waals surface area (Å²) in [4.78, 5) is 10.3. The van der Waals surface area contributed by atoms with Crippen LogP contribution in [-0.4, -0.2) is 5.97 Å². The highest BCUT2D eigenvalue weighted by Gasteiger charge is 2.00. The number of rotatable bonds is 1. The standard InChI is InChI=1S/C8H4BrNO2/c9-7-2-1-5(8(11)12)3-6(7)4-10/h1-3H,(H,11,12)/p-1. The average molecular weight is 225 g/mol. The van der Waals surface area contributed by atoms with Gasteiger partial charge in [0.25, 0.3) is 0 Å². The van der Waals surface area contributed by atoms with Gasteiger partial charge in [0, 0.05) is 4.47 Å². The normalized spacial score (nSPS) is 9.00. The quantitative estimate of drug-likeness (QED) is 0.705. The van der Waals surface area contributed by atoms with Crippen LogP contribution in [0.2, 0.25) is 0 Å². The molecule has 0 aliphatic heterocycles. The number of benzene rings is 1. The van der Waals surface area contributed by atoms with E-state index >= 15 is 0 Å². The van der Waals surface area contributed by atoms with Crippen LogP contribution < -0.4 is 5.11 Å². The molecule has 0 spiro atoms. The summed E-state index contributed by atoms with van der Waals surface area (Å²) in [5.41, 5.74) is 0.298. The Kier molecular flexibility index (Phi) is 2.46. The molecule has 1 rings (SSSR count). The molecule has 0 saturated carbocycles. The van der Waals surface area contributed by atoms with Crippen LogP contribution in [0.15, 0.2) is 22.7 Å². The van der Waals surface area contributed by atoms with Gasteiger partial charge in [-0.3, -0.25) is 0 Å². The first-order valence-electron chi connectivity index (χ1n) is 3.06. The predicted molar refractivity (Wildman–Crippen MR) is 43.2 cm³/mol. The first-order chi connectivity index (χ1) is 5.65. The Bertz CT molecular complexity index is 368. The minimum Gasteiger partial charge on any atom is -0.545 e. The van der Waals surface area contributed by atoms with Crippen molar-refractivity contribution in [2.75, 3.05) is 0 Å². The fourth-order valence-corrected chi connectivity index (χ4v) is 1.07. The molecule has 0 radical (unpaired) electrons. The van der Waals surface area contributed by atoms with E-state index < -0.39 is 5.97 Å². The van der Waals surface area contributed by atoms with Gasteiger partial charge >= 0.3 is 0 Å². The molecule has 0 aromatic heterocycles. The highest BCUT2D eigenvalue weighted by atomic mass is 79.9. The van der Waals surface area contributed by atoms with Gasteiger partial charge < -0.3 is 9.90 Å². The van der Waals surface area contributed by atoms with E-state index in [-0.39, 0.29) is 11.1 Å². The Hall–Kier alpha value is -1.34. The second-order valence-electron chi connectivity index (χ2n) is 2.09. The monoisotopic (exact) mass is 224 g/mol. The summed E-state index contributed by atoms with van der Waals surface area (Å²) in [6.45, 7) is 0. The molecule has 0 fully saturated rings. The van der Waals surface area contributed by atoms with Crippen molar-refractivity contribution in [3.63, 3.8) is 0 Å². The maximum Gasteiger partial charge on any atom is 0.100 e. The van der Waals surface area contributed by atoms with Crippen LogP contribution in [0.5, 0.6) is 0 Å². The van der Waals surface area contributed by atoms with Crippen molar-refractivity contribution in [2.24, 2.45) is 0 Å². The van der Waals surface area contributed by atoms with Gasteiger partial charge in [-0.1, -0.05) is 6.07 Å². The second kappa shape index (κ2) is 3.37. The lowest BCUT2D eigenvalue weighted by Gasteiger charge is -2.02. The lowest BCUT2D eigenvalue weighted by molar-refractivity contribution is -0.255. The van der Waals surface area contributed by atoms with Gasteiger partial charge in [0.1, 0.15) is 6.07 Å². The fraction of sp³-hybridized carbons (Fsp3) is 0. The molecule has 0 unspecified atom stereocenters. The number of aromatic carboxylic acids is 1. The van der Waals surface area contributed by atoms with Crippen LogP contribution in [0, 0.1) is 11.3 Å². The van der Waals surface area contributed by atoms with E-state index in [0.29, 0.717) is 4.47 Å². The SMILES string of the molecule is N#Cc1cc(C(=O)[O-])ccc1Br. The van der Waals surface area contributed by atoms with E-state index in [9.17, 15) is 9.90 Å². The molecule has 0 aliphatic carbocycles. The molecular formula is C8H3BrNO2-. The van der Waals surface area contributed by atoms with Gasteiger partial charge in [0.15, 0.2) is 0 Å². The van der Waals surface area contributed by atoms with Crippen LogP contribution in [0.25, 0.3) is 0 Å². The minimum atomic E-state index is -1.28. The second-order valence-corrected chi connectivity index (χ2v) is 2.95. The topological polar surface area (TPSA) is 63.9 Å². The van der Waals surface area contributed by atoms with Crippen molar-refractivity contribution in [1.29, 1.82) is 5.26 Å². The first kappa shape index (κ1) is 8.75. The summed E-state index contributed by atoms with van der Waals surface area (Å²) in [5, 5.41) is 18.9. The van der Waals surface area contributed by atoms with E-state index in [1.807, 2.05) is 6.07 Å². The molecule has 4 heteroatoms. The lowest BCUT2D eigenvalue weighted by atomic mass is 10.1. The van der Waals surface area contributed by atoms with Crippen molar-refractivity contribution < 1.29 is 9.90 Å². The molecule has 0 N–H and O–H groups in total. The largest absolute Gasteiger partial charge is 0.545 e. The van der Waals surface area contributed by atoms with Gasteiger partial charge in [0.05, 0.1) is 11.5 Å². The van der Waals surface area contributed by atoms with E-state index in [2.05, 4.69) is 15.9 Å². The third kappa shape index (κ3) is 1.63. The predicted octanol–water partition coefficient (Wildman–Crippen LogP) is 0.684. The summed E-state index contributed by atoms with van der Waals surface area (Å²) < 4.78 is 0.579. The third-order valence-electron chi connectivity index (χ3n) is 1.32. The van der Waals surface area contributed by atoms with E-state index in [1.54, 1.807) is 0 Å². The number of hydrogen-bond donors (Lipinski definition) is 0. The van der Waals surface area contributed by atoms with Gasteiger partial charge in [0.2, 0.25) is 0 Å². The van der Waals surface area contributed by atoms with Crippen molar-refractivity contribution >= 4 is 21.9 Å². The van der Waals surface area contributed by atoms with Crippen molar-refractivity contribution in [3.8, 4) is 6.07 Å². The highest BCUT2D eigenvalue weighted by molar-refractivity contribution is 9.10. The van der Waals surface area contributed by atoms with E-state index in [0.717, 1.165) is 0 Å². The lowest BCUT2D eigenvalue weighted by Crippen LogP contribution is -2.22. The average Bonchev–Trinajstić information content (AvgIpc) is 2.05. The van der Waals surface area contributed by atoms with Gasteiger partial charge in [-0.15, -0.1) is 0 Å². The summed E-state index contributed by atoms with van der Waals surface area (Å²) >= 11 is 3.10. The van der Waals surface area contributed by atoms with Crippen LogP contribution in [0.1, 0.15) is 15.9 Å². The third-order valence-corrected chi connectivity index (χ3v) is 2.01. The Morgan fingerprint density at radius 3 is 2.75 bits per heavy atom. The molecule has 1 aromatic rings. The Labute approximate surface area is 77.4 Å². The molecule has 0 bridgehead atoms. The molecular weight excluding hydrogens is 222 g/mol. The van der Waals surface area contributed by atoms with Crippen molar-refractivity contribution in [2.45, 2.75) is 0 Å². The van der Waals surface area contributed by atoms with Gasteiger partial charge in [-0.25, -0.2) is 0 Å². The zero-order valence-electron chi connectivity index (χ0n) is 5.87. The van der Waals surface area contributed by atoms with Crippen LogP contribution in [0.4, 0.5) is 0 Å². The number of carbonyl (C=O) groups is 1. The number of nitrogens with zero attached hydrogens (tertiary/aromatic N) is 1. The number of nitriles is 1. The Balaban J connectivity index is 3.25. The molecule has 0 heterocycles. The molecule has 0 aliphatic rings. The smallest absolute Gasteiger partial charge is 0.100 e. The molecule has 0 amide bonds. The van der Waals surface area contributed by atoms with Crippen LogP contribution in [-0.2, 0) is 0 Å². The molecule has 0 atom stereocenters. The first-order valence-corrected chi connectivity index (χ1v) is 3.85. The number of carboxylic acid groups (broad SMARTS) is 1. The zero-order chi connectivity index (χ0) is 9.14. The van der Waals surface area contributed by atoms with Crippen molar-refractivity contribution in [1.82, 2.24) is 0 Å².